The number of rotatable bonds is 9. The van der Waals surface area contributed by atoms with Crippen LogP contribution in [0.4, 0.5) is 0 Å². The average molecular weight is 311 g/mol. The van der Waals surface area contributed by atoms with E-state index in [0.29, 0.717) is 12.0 Å². The van der Waals surface area contributed by atoms with Crippen LogP contribution in [0, 0.1) is 5.92 Å². The third kappa shape index (κ3) is 6.07. The zero-order valence-electron chi connectivity index (χ0n) is 14.6. The summed E-state index contributed by atoms with van der Waals surface area (Å²) >= 11 is 0. The molecule has 0 aromatic heterocycles. The highest BCUT2D eigenvalue weighted by molar-refractivity contribution is 5.29. The van der Waals surface area contributed by atoms with E-state index in [2.05, 4.69) is 80.7 Å². The molecule has 0 radical (unpaired) electrons. The van der Waals surface area contributed by atoms with E-state index in [0.717, 1.165) is 31.7 Å². The smallest absolute Gasteiger partial charge is 0.119 e. The van der Waals surface area contributed by atoms with Gasteiger partial charge in [-0.2, -0.15) is 0 Å². The normalized spacial score (nSPS) is 12.3. The minimum atomic E-state index is 0.401. The van der Waals surface area contributed by atoms with E-state index in [1.165, 1.54) is 11.1 Å². The minimum Gasteiger partial charge on any atom is -0.493 e. The molecule has 23 heavy (non-hydrogen) atoms. The number of hydrogen-bond acceptors (Lipinski definition) is 2. The van der Waals surface area contributed by atoms with Gasteiger partial charge in [-0.1, -0.05) is 63.2 Å². The van der Waals surface area contributed by atoms with Gasteiger partial charge in [0.15, 0.2) is 0 Å². The summed E-state index contributed by atoms with van der Waals surface area (Å²) in [7, 11) is 0. The Labute approximate surface area is 140 Å². The van der Waals surface area contributed by atoms with Crippen LogP contribution in [0.1, 0.15) is 44.4 Å². The molecule has 2 heteroatoms. The first-order valence-corrected chi connectivity index (χ1v) is 8.69. The highest BCUT2D eigenvalue weighted by atomic mass is 16.5. The quantitative estimate of drug-likeness (QED) is 0.703. The van der Waals surface area contributed by atoms with Gasteiger partial charge in [0.25, 0.3) is 0 Å². The predicted molar refractivity (Wildman–Crippen MR) is 98.0 cm³/mol. The molecule has 0 bridgehead atoms. The van der Waals surface area contributed by atoms with E-state index in [1.807, 2.05) is 0 Å². The number of hydrogen-bond donors (Lipinski definition) is 1. The molecular formula is C21H29NO. The third-order valence-electron chi connectivity index (χ3n) is 3.92. The van der Waals surface area contributed by atoms with E-state index in [9.17, 15) is 0 Å². The highest BCUT2D eigenvalue weighted by Gasteiger charge is 2.08. The first-order valence-electron chi connectivity index (χ1n) is 8.69. The molecule has 0 amide bonds. The first-order chi connectivity index (χ1) is 11.2. The van der Waals surface area contributed by atoms with Gasteiger partial charge in [0.05, 0.1) is 6.61 Å². The fourth-order valence-corrected chi connectivity index (χ4v) is 2.59. The van der Waals surface area contributed by atoms with Crippen LogP contribution >= 0.6 is 0 Å². The van der Waals surface area contributed by atoms with Crippen molar-refractivity contribution < 1.29 is 4.74 Å². The van der Waals surface area contributed by atoms with Gasteiger partial charge in [0.1, 0.15) is 5.75 Å². The molecule has 1 N–H and O–H groups in total. The molecule has 1 atom stereocenters. The van der Waals surface area contributed by atoms with Crippen LogP contribution in [0.15, 0.2) is 54.6 Å². The summed E-state index contributed by atoms with van der Waals surface area (Å²) in [6, 6.07) is 19.6. The summed E-state index contributed by atoms with van der Waals surface area (Å²) in [5.74, 6) is 1.51. The molecule has 2 rings (SSSR count). The van der Waals surface area contributed by atoms with Crippen molar-refractivity contribution in [3.63, 3.8) is 0 Å². The van der Waals surface area contributed by atoms with Crippen LogP contribution in [0.5, 0.6) is 5.75 Å². The second kappa shape index (κ2) is 9.36. The standard InChI is InChI=1S/C21H29NO/c1-4-21(22-15-14-18-8-6-5-7-9-18)19-10-12-20(13-11-19)23-16-17(2)3/h5-13,17,21-22H,4,14-16H2,1-3H3. The average Bonchev–Trinajstić information content (AvgIpc) is 2.58. The molecule has 124 valence electrons. The molecule has 2 aromatic rings. The van der Waals surface area contributed by atoms with E-state index in [-0.39, 0.29) is 0 Å². The molecule has 0 saturated heterocycles. The zero-order chi connectivity index (χ0) is 16.5. The lowest BCUT2D eigenvalue weighted by Crippen LogP contribution is -2.23. The van der Waals surface area contributed by atoms with Gasteiger partial charge in [-0.3, -0.25) is 0 Å². The summed E-state index contributed by atoms with van der Waals surface area (Å²) < 4.78 is 5.75. The lowest BCUT2D eigenvalue weighted by Gasteiger charge is -2.18. The van der Waals surface area contributed by atoms with Gasteiger partial charge in [0.2, 0.25) is 0 Å². The Bertz CT molecular complexity index is 548. The second-order valence-corrected chi connectivity index (χ2v) is 6.42. The fraction of sp³-hybridized carbons (Fsp3) is 0.429. The monoisotopic (exact) mass is 311 g/mol. The van der Waals surface area contributed by atoms with Crippen molar-refractivity contribution in [3.8, 4) is 5.75 Å². The van der Waals surface area contributed by atoms with Crippen LogP contribution in [-0.2, 0) is 6.42 Å². The summed E-state index contributed by atoms with van der Waals surface area (Å²) in [5.41, 5.74) is 2.71. The maximum atomic E-state index is 5.75. The summed E-state index contributed by atoms with van der Waals surface area (Å²) in [6.07, 6.45) is 2.15. The van der Waals surface area contributed by atoms with Crippen molar-refractivity contribution in [1.82, 2.24) is 5.32 Å². The Hall–Kier alpha value is -1.80. The largest absolute Gasteiger partial charge is 0.493 e. The van der Waals surface area contributed by atoms with Crippen molar-refractivity contribution in [1.29, 1.82) is 0 Å². The summed E-state index contributed by atoms with van der Waals surface area (Å²) in [4.78, 5) is 0. The van der Waals surface area contributed by atoms with E-state index < -0.39 is 0 Å². The van der Waals surface area contributed by atoms with Crippen LogP contribution in [0.25, 0.3) is 0 Å². The maximum absolute atomic E-state index is 5.75. The molecule has 0 spiro atoms. The number of ether oxygens (including phenoxy) is 1. The van der Waals surface area contributed by atoms with E-state index in [1.54, 1.807) is 0 Å². The van der Waals surface area contributed by atoms with Crippen LogP contribution in [0.3, 0.4) is 0 Å². The molecule has 0 aliphatic heterocycles. The van der Waals surface area contributed by atoms with Crippen molar-refractivity contribution in [2.75, 3.05) is 13.2 Å². The SMILES string of the molecule is CCC(NCCc1ccccc1)c1ccc(OCC(C)C)cc1. The van der Waals surface area contributed by atoms with Gasteiger partial charge >= 0.3 is 0 Å². The van der Waals surface area contributed by atoms with E-state index in [4.69, 9.17) is 4.74 Å². The Kier molecular flexibility index (Phi) is 7.15. The third-order valence-corrected chi connectivity index (χ3v) is 3.92. The summed E-state index contributed by atoms with van der Waals surface area (Å²) in [6.45, 7) is 8.32. The van der Waals surface area contributed by atoms with Crippen molar-refractivity contribution >= 4 is 0 Å². The van der Waals surface area contributed by atoms with Crippen molar-refractivity contribution in [2.45, 2.75) is 39.7 Å². The van der Waals surface area contributed by atoms with E-state index >= 15 is 0 Å². The first kappa shape index (κ1) is 17.6. The number of nitrogens with one attached hydrogen (secondary N) is 1. The van der Waals surface area contributed by atoms with Crippen molar-refractivity contribution in [3.05, 3.63) is 65.7 Å². The Morgan fingerprint density at radius 1 is 0.957 bits per heavy atom. The zero-order valence-corrected chi connectivity index (χ0v) is 14.6. The fourth-order valence-electron chi connectivity index (χ4n) is 2.59. The summed E-state index contributed by atoms with van der Waals surface area (Å²) in [5, 5.41) is 3.66. The van der Waals surface area contributed by atoms with Crippen LogP contribution in [-0.4, -0.2) is 13.2 Å². The van der Waals surface area contributed by atoms with Gasteiger partial charge in [-0.15, -0.1) is 0 Å². The molecule has 1 unspecified atom stereocenters. The molecule has 0 aliphatic carbocycles. The molecule has 2 nitrogen and oxygen atoms in total. The molecule has 0 heterocycles. The van der Waals surface area contributed by atoms with Gasteiger partial charge in [-0.25, -0.2) is 0 Å². The minimum absolute atomic E-state index is 0.401. The van der Waals surface area contributed by atoms with Gasteiger partial charge in [0, 0.05) is 6.04 Å². The number of benzene rings is 2. The molecular weight excluding hydrogens is 282 g/mol. The predicted octanol–water partition coefficient (Wildman–Crippen LogP) is 5.00. The molecule has 2 aromatic carbocycles. The lowest BCUT2D eigenvalue weighted by atomic mass is 10.0. The van der Waals surface area contributed by atoms with Gasteiger partial charge < -0.3 is 10.1 Å². The van der Waals surface area contributed by atoms with Gasteiger partial charge in [-0.05, 0) is 48.6 Å². The molecule has 0 fully saturated rings. The molecule has 0 saturated carbocycles. The van der Waals surface area contributed by atoms with Crippen LogP contribution < -0.4 is 10.1 Å². The maximum Gasteiger partial charge on any atom is 0.119 e. The van der Waals surface area contributed by atoms with Crippen LogP contribution in [0.2, 0.25) is 0 Å². The Balaban J connectivity index is 1.85. The molecule has 0 aliphatic rings. The Morgan fingerprint density at radius 3 is 2.26 bits per heavy atom. The van der Waals surface area contributed by atoms with Crippen molar-refractivity contribution in [2.24, 2.45) is 5.92 Å². The topological polar surface area (TPSA) is 21.3 Å². The Morgan fingerprint density at radius 2 is 1.65 bits per heavy atom. The lowest BCUT2D eigenvalue weighted by molar-refractivity contribution is 0.271. The second-order valence-electron chi connectivity index (χ2n) is 6.42. The highest BCUT2D eigenvalue weighted by Crippen LogP contribution is 2.20.